The number of nitrogens with zero attached hydrogens (tertiary/aromatic N) is 3. The topological polar surface area (TPSA) is 59.2 Å². The number of carbonyl (C=O) groups is 1. The molecule has 1 amide bonds. The van der Waals surface area contributed by atoms with Gasteiger partial charge in [-0.25, -0.2) is 0 Å². The largest absolute Gasteiger partial charge is 0.411 e. The first-order chi connectivity index (χ1) is 11.6. The van der Waals surface area contributed by atoms with Crippen molar-refractivity contribution in [2.45, 2.75) is 62.6 Å². The van der Waals surface area contributed by atoms with Crippen molar-refractivity contribution in [2.75, 3.05) is 0 Å². The lowest BCUT2D eigenvalue weighted by Gasteiger charge is -2.40. The number of piperidine rings is 1. The fraction of sp³-hybridized carbons (Fsp3) is 0.500. The summed E-state index contributed by atoms with van der Waals surface area (Å²) in [5.74, 6) is 0.636. The molecular formula is C18H23N3O2S. The van der Waals surface area contributed by atoms with Crippen LogP contribution in [0.25, 0.3) is 11.5 Å². The first-order valence-electron chi connectivity index (χ1n) is 8.44. The van der Waals surface area contributed by atoms with E-state index in [2.05, 4.69) is 24.0 Å². The highest BCUT2D eigenvalue weighted by atomic mass is 32.2. The van der Waals surface area contributed by atoms with Crippen molar-refractivity contribution in [1.82, 2.24) is 15.1 Å². The summed E-state index contributed by atoms with van der Waals surface area (Å²) in [5, 5.41) is 8.35. The molecule has 1 aliphatic rings. The third-order valence-electron chi connectivity index (χ3n) is 4.50. The number of thioether (sulfide) groups is 1. The van der Waals surface area contributed by atoms with Crippen LogP contribution in [0.4, 0.5) is 0 Å². The second-order valence-corrected chi connectivity index (χ2v) is 7.67. The Morgan fingerprint density at radius 2 is 1.88 bits per heavy atom. The molecule has 3 rings (SSSR count). The highest BCUT2D eigenvalue weighted by Crippen LogP contribution is 2.30. The zero-order chi connectivity index (χ0) is 17.1. The molecule has 0 aliphatic carbocycles. The third kappa shape index (κ3) is 3.64. The normalized spacial score (nSPS) is 22.4. The Morgan fingerprint density at radius 3 is 2.54 bits per heavy atom. The van der Waals surface area contributed by atoms with Crippen LogP contribution < -0.4 is 0 Å². The van der Waals surface area contributed by atoms with Gasteiger partial charge in [-0.3, -0.25) is 4.79 Å². The Labute approximate surface area is 146 Å². The molecule has 128 valence electrons. The van der Waals surface area contributed by atoms with Crippen molar-refractivity contribution in [3.8, 4) is 11.5 Å². The molecule has 0 N–H and O–H groups in total. The van der Waals surface area contributed by atoms with E-state index in [4.69, 9.17) is 4.42 Å². The summed E-state index contributed by atoms with van der Waals surface area (Å²) in [6.45, 7) is 6.17. The van der Waals surface area contributed by atoms with Crippen molar-refractivity contribution >= 4 is 17.7 Å². The Kier molecular flexibility index (Phi) is 5.23. The van der Waals surface area contributed by atoms with Gasteiger partial charge in [0, 0.05) is 17.6 Å². The number of carbonyl (C=O) groups excluding carboxylic acids is 1. The highest BCUT2D eigenvalue weighted by Gasteiger charge is 2.32. The molecule has 1 saturated heterocycles. The lowest BCUT2D eigenvalue weighted by Crippen LogP contribution is -2.50. The monoisotopic (exact) mass is 345 g/mol. The Morgan fingerprint density at radius 1 is 1.21 bits per heavy atom. The van der Waals surface area contributed by atoms with Gasteiger partial charge in [-0.05, 0) is 52.2 Å². The number of amides is 1. The molecule has 2 aromatic rings. The van der Waals surface area contributed by atoms with Crippen LogP contribution in [-0.4, -0.2) is 38.3 Å². The van der Waals surface area contributed by atoms with Crippen LogP contribution in [0.1, 0.15) is 40.0 Å². The molecule has 3 atom stereocenters. The van der Waals surface area contributed by atoms with E-state index in [-0.39, 0.29) is 11.2 Å². The van der Waals surface area contributed by atoms with Gasteiger partial charge < -0.3 is 9.32 Å². The Hall–Kier alpha value is -1.82. The molecule has 6 heteroatoms. The molecule has 0 radical (unpaired) electrons. The van der Waals surface area contributed by atoms with Crippen LogP contribution in [-0.2, 0) is 4.79 Å². The van der Waals surface area contributed by atoms with Crippen molar-refractivity contribution in [3.63, 3.8) is 0 Å². The fourth-order valence-corrected chi connectivity index (χ4v) is 3.96. The first-order valence-corrected chi connectivity index (χ1v) is 9.32. The van der Waals surface area contributed by atoms with Crippen molar-refractivity contribution in [1.29, 1.82) is 0 Å². The van der Waals surface area contributed by atoms with E-state index in [1.807, 2.05) is 42.2 Å². The zero-order valence-corrected chi connectivity index (χ0v) is 15.1. The van der Waals surface area contributed by atoms with Crippen molar-refractivity contribution in [2.24, 2.45) is 0 Å². The van der Waals surface area contributed by atoms with Crippen LogP contribution >= 0.6 is 11.8 Å². The fourth-order valence-electron chi connectivity index (χ4n) is 3.22. The van der Waals surface area contributed by atoms with Crippen molar-refractivity contribution < 1.29 is 9.21 Å². The van der Waals surface area contributed by atoms with E-state index in [0.717, 1.165) is 18.4 Å². The lowest BCUT2D eigenvalue weighted by atomic mass is 9.97. The average molecular weight is 345 g/mol. The number of hydrogen-bond donors (Lipinski definition) is 0. The van der Waals surface area contributed by atoms with E-state index in [9.17, 15) is 4.79 Å². The van der Waals surface area contributed by atoms with Gasteiger partial charge in [0.2, 0.25) is 11.8 Å². The standard InChI is InChI=1S/C18H23N3O2S/c1-12-8-7-9-13(2)21(12)17(22)14(3)24-18-20-19-16(23-18)15-10-5-4-6-11-15/h4-6,10-14H,7-9H2,1-3H3/t12-,13+,14-/m1/s1. The van der Waals surface area contributed by atoms with E-state index in [1.54, 1.807) is 0 Å². The van der Waals surface area contributed by atoms with Gasteiger partial charge in [-0.1, -0.05) is 30.0 Å². The van der Waals surface area contributed by atoms with Gasteiger partial charge in [0.05, 0.1) is 5.25 Å². The van der Waals surface area contributed by atoms with Gasteiger partial charge in [0.25, 0.3) is 5.22 Å². The van der Waals surface area contributed by atoms with Gasteiger partial charge >= 0.3 is 0 Å². The number of aromatic nitrogens is 2. The predicted octanol–water partition coefficient (Wildman–Crippen LogP) is 4.01. The minimum atomic E-state index is -0.239. The summed E-state index contributed by atoms with van der Waals surface area (Å²) < 4.78 is 5.70. The lowest BCUT2D eigenvalue weighted by molar-refractivity contribution is -0.136. The summed E-state index contributed by atoms with van der Waals surface area (Å²) in [5.41, 5.74) is 0.883. The van der Waals surface area contributed by atoms with E-state index in [1.165, 1.54) is 18.2 Å². The van der Waals surface area contributed by atoms with E-state index < -0.39 is 0 Å². The third-order valence-corrected chi connectivity index (χ3v) is 5.42. The minimum absolute atomic E-state index is 0.152. The summed E-state index contributed by atoms with van der Waals surface area (Å²) in [7, 11) is 0. The maximum Gasteiger partial charge on any atom is 0.277 e. The molecule has 0 spiro atoms. The SMILES string of the molecule is C[C@@H]1CCC[C@H](C)N1C(=O)[C@@H](C)Sc1nnc(-c2ccccc2)o1. The van der Waals surface area contributed by atoms with Crippen LogP contribution in [0.5, 0.6) is 0 Å². The van der Waals surface area contributed by atoms with Crippen LogP contribution in [0.15, 0.2) is 40.0 Å². The van der Waals surface area contributed by atoms with E-state index in [0.29, 0.717) is 23.2 Å². The van der Waals surface area contributed by atoms with Crippen LogP contribution in [0, 0.1) is 0 Å². The Balaban J connectivity index is 1.67. The van der Waals surface area contributed by atoms with Crippen LogP contribution in [0.3, 0.4) is 0 Å². The number of hydrogen-bond acceptors (Lipinski definition) is 5. The maximum atomic E-state index is 12.8. The molecular weight excluding hydrogens is 322 g/mol. The second kappa shape index (κ2) is 7.38. The number of likely N-dealkylation sites (tertiary alicyclic amines) is 1. The molecule has 0 saturated carbocycles. The average Bonchev–Trinajstić information content (AvgIpc) is 3.04. The molecule has 1 fully saturated rings. The van der Waals surface area contributed by atoms with Crippen LogP contribution in [0.2, 0.25) is 0 Å². The maximum absolute atomic E-state index is 12.8. The first kappa shape index (κ1) is 17.0. The molecule has 5 nitrogen and oxygen atoms in total. The number of benzene rings is 1. The van der Waals surface area contributed by atoms with Crippen molar-refractivity contribution in [3.05, 3.63) is 30.3 Å². The second-order valence-electron chi connectivity index (χ2n) is 6.37. The van der Waals surface area contributed by atoms with Gasteiger partial charge in [0.1, 0.15) is 0 Å². The molecule has 0 unspecified atom stereocenters. The molecule has 1 aromatic heterocycles. The van der Waals surface area contributed by atoms with Gasteiger partial charge in [-0.2, -0.15) is 0 Å². The quantitative estimate of drug-likeness (QED) is 0.784. The van der Waals surface area contributed by atoms with Gasteiger partial charge in [-0.15, -0.1) is 10.2 Å². The molecule has 0 bridgehead atoms. The summed E-state index contributed by atoms with van der Waals surface area (Å²) in [6, 6.07) is 10.2. The van der Waals surface area contributed by atoms with E-state index >= 15 is 0 Å². The summed E-state index contributed by atoms with van der Waals surface area (Å²) in [4.78, 5) is 14.8. The molecule has 1 aromatic carbocycles. The molecule has 24 heavy (non-hydrogen) atoms. The smallest absolute Gasteiger partial charge is 0.277 e. The number of rotatable bonds is 4. The summed E-state index contributed by atoms with van der Waals surface area (Å²) >= 11 is 1.33. The molecule has 2 heterocycles. The predicted molar refractivity (Wildman–Crippen MR) is 94.7 cm³/mol. The molecule has 1 aliphatic heterocycles. The van der Waals surface area contributed by atoms with Gasteiger partial charge in [0.15, 0.2) is 0 Å². The minimum Gasteiger partial charge on any atom is -0.411 e. The summed E-state index contributed by atoms with van der Waals surface area (Å²) in [6.07, 6.45) is 3.34. The zero-order valence-electron chi connectivity index (χ0n) is 14.3. The Bertz CT molecular complexity index is 679. The highest BCUT2D eigenvalue weighted by molar-refractivity contribution is 8.00.